The summed E-state index contributed by atoms with van der Waals surface area (Å²) in [5.74, 6) is 0. The van der Waals surface area contributed by atoms with E-state index in [0.717, 1.165) is 32.5 Å². The van der Waals surface area contributed by atoms with Gasteiger partial charge in [0.05, 0.1) is 0 Å². The highest BCUT2D eigenvalue weighted by Gasteiger charge is 2.03. The summed E-state index contributed by atoms with van der Waals surface area (Å²) >= 11 is 0. The van der Waals surface area contributed by atoms with Crippen LogP contribution in [-0.2, 0) is 0 Å². The highest BCUT2D eigenvalue weighted by molar-refractivity contribution is 4.75. The van der Waals surface area contributed by atoms with Crippen molar-refractivity contribution < 1.29 is 0 Å². The molecule has 1 atom stereocenters. The van der Waals surface area contributed by atoms with Crippen molar-refractivity contribution in [3.63, 3.8) is 0 Å². The standard InChI is InChI=1S/C10H22N2/c1-4-7-10(11)8-9-12(5-2)6-3/h4,10H,1,5-9,11H2,2-3H3. The van der Waals surface area contributed by atoms with Gasteiger partial charge in [0.15, 0.2) is 0 Å². The molecule has 2 N–H and O–H groups in total. The molecule has 0 aliphatic heterocycles. The molecule has 0 aliphatic rings. The fraction of sp³-hybridized carbons (Fsp3) is 0.800. The maximum atomic E-state index is 5.84. The normalized spacial score (nSPS) is 13.3. The van der Waals surface area contributed by atoms with Gasteiger partial charge in [0.2, 0.25) is 0 Å². The van der Waals surface area contributed by atoms with Crippen LogP contribution in [0.15, 0.2) is 12.7 Å². The molecule has 12 heavy (non-hydrogen) atoms. The van der Waals surface area contributed by atoms with Crippen molar-refractivity contribution >= 4 is 0 Å². The number of hydrogen-bond acceptors (Lipinski definition) is 2. The van der Waals surface area contributed by atoms with E-state index in [0.29, 0.717) is 6.04 Å². The third kappa shape index (κ3) is 5.33. The number of hydrogen-bond donors (Lipinski definition) is 1. The van der Waals surface area contributed by atoms with Crippen LogP contribution in [-0.4, -0.2) is 30.6 Å². The second kappa shape index (κ2) is 7.32. The van der Waals surface area contributed by atoms with Crippen molar-refractivity contribution in [3.05, 3.63) is 12.7 Å². The maximum absolute atomic E-state index is 5.84. The quantitative estimate of drug-likeness (QED) is 0.588. The van der Waals surface area contributed by atoms with E-state index >= 15 is 0 Å². The van der Waals surface area contributed by atoms with Crippen LogP contribution < -0.4 is 5.73 Å². The van der Waals surface area contributed by atoms with Gasteiger partial charge in [-0.15, -0.1) is 6.58 Å². The van der Waals surface area contributed by atoms with Crippen LogP contribution in [0.2, 0.25) is 0 Å². The molecule has 0 aromatic rings. The molecule has 0 spiro atoms. The van der Waals surface area contributed by atoms with Crippen LogP contribution >= 0.6 is 0 Å². The monoisotopic (exact) mass is 170 g/mol. The maximum Gasteiger partial charge on any atom is 0.00854 e. The van der Waals surface area contributed by atoms with Gasteiger partial charge in [-0.25, -0.2) is 0 Å². The van der Waals surface area contributed by atoms with E-state index in [2.05, 4.69) is 25.3 Å². The lowest BCUT2D eigenvalue weighted by Gasteiger charge is -2.19. The molecular formula is C10H22N2. The third-order valence-corrected chi connectivity index (χ3v) is 2.18. The van der Waals surface area contributed by atoms with Crippen molar-refractivity contribution in [1.29, 1.82) is 0 Å². The highest BCUT2D eigenvalue weighted by atomic mass is 15.1. The molecule has 0 bridgehead atoms. The Hall–Kier alpha value is -0.340. The zero-order chi connectivity index (χ0) is 9.40. The summed E-state index contributed by atoms with van der Waals surface area (Å²) in [7, 11) is 0. The molecule has 0 saturated carbocycles. The molecule has 0 saturated heterocycles. The molecule has 72 valence electrons. The Morgan fingerprint density at radius 1 is 1.42 bits per heavy atom. The lowest BCUT2D eigenvalue weighted by Crippen LogP contribution is -2.30. The van der Waals surface area contributed by atoms with Crippen LogP contribution in [0, 0.1) is 0 Å². The zero-order valence-corrected chi connectivity index (χ0v) is 8.42. The summed E-state index contributed by atoms with van der Waals surface area (Å²) < 4.78 is 0. The first-order valence-corrected chi connectivity index (χ1v) is 4.83. The predicted molar refractivity (Wildman–Crippen MR) is 55.2 cm³/mol. The van der Waals surface area contributed by atoms with E-state index < -0.39 is 0 Å². The Morgan fingerprint density at radius 3 is 2.42 bits per heavy atom. The van der Waals surface area contributed by atoms with E-state index in [1.807, 2.05) is 6.08 Å². The average molecular weight is 170 g/mol. The van der Waals surface area contributed by atoms with E-state index in [-0.39, 0.29) is 0 Å². The van der Waals surface area contributed by atoms with Gasteiger partial charge >= 0.3 is 0 Å². The van der Waals surface area contributed by atoms with Gasteiger partial charge in [-0.05, 0) is 32.5 Å². The molecule has 0 heterocycles. The molecule has 0 radical (unpaired) electrons. The fourth-order valence-electron chi connectivity index (χ4n) is 1.22. The van der Waals surface area contributed by atoms with Crippen LogP contribution in [0.25, 0.3) is 0 Å². The summed E-state index contributed by atoms with van der Waals surface area (Å²) in [6, 6.07) is 0.295. The van der Waals surface area contributed by atoms with Gasteiger partial charge in [0.25, 0.3) is 0 Å². The Kier molecular flexibility index (Phi) is 7.11. The third-order valence-electron chi connectivity index (χ3n) is 2.18. The first-order valence-electron chi connectivity index (χ1n) is 4.83. The average Bonchev–Trinajstić information content (AvgIpc) is 2.07. The number of nitrogens with two attached hydrogens (primary N) is 1. The number of nitrogens with zero attached hydrogens (tertiary/aromatic N) is 1. The summed E-state index contributed by atoms with van der Waals surface area (Å²) in [6.07, 6.45) is 3.90. The van der Waals surface area contributed by atoms with Crippen molar-refractivity contribution in [1.82, 2.24) is 4.90 Å². The van der Waals surface area contributed by atoms with Crippen LogP contribution in [0.1, 0.15) is 26.7 Å². The van der Waals surface area contributed by atoms with Crippen molar-refractivity contribution in [2.75, 3.05) is 19.6 Å². The van der Waals surface area contributed by atoms with Gasteiger partial charge in [-0.1, -0.05) is 19.9 Å². The fourth-order valence-corrected chi connectivity index (χ4v) is 1.22. The van der Waals surface area contributed by atoms with Gasteiger partial charge < -0.3 is 10.6 Å². The smallest absolute Gasteiger partial charge is 0.00854 e. The first kappa shape index (κ1) is 11.7. The topological polar surface area (TPSA) is 29.3 Å². The van der Waals surface area contributed by atoms with E-state index in [9.17, 15) is 0 Å². The largest absolute Gasteiger partial charge is 0.327 e. The minimum Gasteiger partial charge on any atom is -0.327 e. The molecule has 0 aliphatic carbocycles. The van der Waals surface area contributed by atoms with E-state index in [4.69, 9.17) is 5.73 Å². The first-order chi connectivity index (χ1) is 5.74. The van der Waals surface area contributed by atoms with Gasteiger partial charge in [0, 0.05) is 6.04 Å². The number of rotatable bonds is 7. The predicted octanol–water partition coefficient (Wildman–Crippen LogP) is 1.62. The SMILES string of the molecule is C=CCC(N)CCN(CC)CC. The molecule has 0 rings (SSSR count). The highest BCUT2D eigenvalue weighted by Crippen LogP contribution is 1.98. The molecule has 0 aromatic carbocycles. The summed E-state index contributed by atoms with van der Waals surface area (Å²) in [5, 5.41) is 0. The van der Waals surface area contributed by atoms with E-state index in [1.54, 1.807) is 0 Å². The minimum atomic E-state index is 0.295. The van der Waals surface area contributed by atoms with E-state index in [1.165, 1.54) is 0 Å². The summed E-state index contributed by atoms with van der Waals surface area (Å²) in [6.45, 7) is 11.4. The van der Waals surface area contributed by atoms with Crippen LogP contribution in [0.5, 0.6) is 0 Å². The minimum absolute atomic E-state index is 0.295. The molecule has 0 aromatic heterocycles. The van der Waals surface area contributed by atoms with Gasteiger partial charge in [0.1, 0.15) is 0 Å². The Bertz CT molecular complexity index is 108. The van der Waals surface area contributed by atoms with Crippen molar-refractivity contribution in [2.45, 2.75) is 32.7 Å². The molecular weight excluding hydrogens is 148 g/mol. The summed E-state index contributed by atoms with van der Waals surface area (Å²) in [5.41, 5.74) is 5.84. The van der Waals surface area contributed by atoms with Crippen LogP contribution in [0.4, 0.5) is 0 Å². The second-order valence-corrected chi connectivity index (χ2v) is 3.10. The van der Waals surface area contributed by atoms with Crippen LogP contribution in [0.3, 0.4) is 0 Å². The molecule has 2 nitrogen and oxygen atoms in total. The van der Waals surface area contributed by atoms with Crippen molar-refractivity contribution in [3.8, 4) is 0 Å². The van der Waals surface area contributed by atoms with Gasteiger partial charge in [-0.3, -0.25) is 0 Å². The lowest BCUT2D eigenvalue weighted by atomic mass is 10.1. The lowest BCUT2D eigenvalue weighted by molar-refractivity contribution is 0.290. The van der Waals surface area contributed by atoms with Gasteiger partial charge in [-0.2, -0.15) is 0 Å². The second-order valence-electron chi connectivity index (χ2n) is 3.10. The van der Waals surface area contributed by atoms with Crippen molar-refractivity contribution in [2.24, 2.45) is 5.73 Å². The zero-order valence-electron chi connectivity index (χ0n) is 8.42. The Labute approximate surface area is 76.4 Å². The molecule has 0 fully saturated rings. The summed E-state index contributed by atoms with van der Waals surface area (Å²) in [4.78, 5) is 2.39. The molecule has 0 amide bonds. The molecule has 1 unspecified atom stereocenters. The Balaban J connectivity index is 3.43. The Morgan fingerprint density at radius 2 is 2.00 bits per heavy atom. The molecule has 2 heteroatoms.